The van der Waals surface area contributed by atoms with Crippen LogP contribution in [0.25, 0.3) is 0 Å². The van der Waals surface area contributed by atoms with E-state index in [0.29, 0.717) is 11.0 Å². The van der Waals surface area contributed by atoms with Gasteiger partial charge in [-0.3, -0.25) is 0 Å². The number of aromatic nitrogens is 2. The molecule has 21 heavy (non-hydrogen) atoms. The molecule has 0 aliphatic rings. The molecule has 0 radical (unpaired) electrons. The molecule has 2 aromatic rings. The molecule has 0 saturated heterocycles. The van der Waals surface area contributed by atoms with E-state index in [1.165, 1.54) is 6.33 Å². The highest BCUT2D eigenvalue weighted by molar-refractivity contribution is 6.30. The third-order valence-electron chi connectivity index (χ3n) is 3.25. The first-order valence-corrected chi connectivity index (χ1v) is 7.58. The van der Waals surface area contributed by atoms with Gasteiger partial charge in [0.15, 0.2) is 0 Å². The van der Waals surface area contributed by atoms with Crippen molar-refractivity contribution in [1.29, 1.82) is 0 Å². The van der Waals surface area contributed by atoms with Crippen LogP contribution in [0.15, 0.2) is 30.6 Å². The van der Waals surface area contributed by atoms with E-state index in [2.05, 4.69) is 43.7 Å². The van der Waals surface area contributed by atoms with Crippen molar-refractivity contribution in [2.45, 2.75) is 46.0 Å². The summed E-state index contributed by atoms with van der Waals surface area (Å²) in [5.74, 6) is 1.37. The summed E-state index contributed by atoms with van der Waals surface area (Å²) >= 11 is 6.17. The van der Waals surface area contributed by atoms with Crippen molar-refractivity contribution in [3.05, 3.63) is 46.9 Å². The Balaban J connectivity index is 2.42. The molecule has 1 aromatic heterocycles. The van der Waals surface area contributed by atoms with Gasteiger partial charge in [0, 0.05) is 5.56 Å². The Labute approximate surface area is 131 Å². The van der Waals surface area contributed by atoms with Crippen LogP contribution < -0.4 is 4.74 Å². The number of halogens is 1. The lowest BCUT2D eigenvalue weighted by molar-refractivity contribution is 0.433. The van der Waals surface area contributed by atoms with Crippen LogP contribution in [0.3, 0.4) is 0 Å². The second-order valence-corrected chi connectivity index (χ2v) is 6.40. The maximum atomic E-state index is 6.17. The molecule has 0 atom stereocenters. The van der Waals surface area contributed by atoms with Gasteiger partial charge in [0.25, 0.3) is 0 Å². The summed E-state index contributed by atoms with van der Waals surface area (Å²) in [5.41, 5.74) is 2.01. The lowest BCUT2D eigenvalue weighted by Gasteiger charge is -2.22. The fourth-order valence-electron chi connectivity index (χ4n) is 2.20. The zero-order valence-corrected chi connectivity index (χ0v) is 13.7. The summed E-state index contributed by atoms with van der Waals surface area (Å²) in [6.07, 6.45) is 3.20. The third kappa shape index (κ3) is 3.73. The molecule has 0 aliphatic carbocycles. The molecule has 0 N–H and O–H groups in total. The average molecular weight is 305 g/mol. The van der Waals surface area contributed by atoms with Crippen LogP contribution in [-0.4, -0.2) is 9.97 Å². The molecule has 3 nitrogen and oxygen atoms in total. The second-order valence-electron chi connectivity index (χ2n) is 6.05. The fourth-order valence-corrected chi connectivity index (χ4v) is 2.42. The van der Waals surface area contributed by atoms with Gasteiger partial charge in [0.2, 0.25) is 5.88 Å². The summed E-state index contributed by atoms with van der Waals surface area (Å²) in [5, 5.41) is 0.468. The van der Waals surface area contributed by atoms with Crippen molar-refractivity contribution in [2.24, 2.45) is 0 Å². The third-order valence-corrected chi connectivity index (χ3v) is 3.58. The largest absolute Gasteiger partial charge is 0.438 e. The molecule has 4 heteroatoms. The van der Waals surface area contributed by atoms with E-state index in [1.807, 2.05) is 18.2 Å². The standard InChI is InChI=1S/C17H21ClN2O/c1-5-8-12-15(18)19-11-20-16(12)21-14-10-7-6-9-13(14)17(2,3)4/h6-7,9-11H,5,8H2,1-4H3. The summed E-state index contributed by atoms with van der Waals surface area (Å²) in [6, 6.07) is 8.03. The van der Waals surface area contributed by atoms with Crippen LogP contribution in [0.4, 0.5) is 0 Å². The molecular weight excluding hydrogens is 284 g/mol. The lowest BCUT2D eigenvalue weighted by atomic mass is 9.86. The smallest absolute Gasteiger partial charge is 0.227 e. The Bertz CT molecular complexity index is 620. The predicted molar refractivity (Wildman–Crippen MR) is 86.3 cm³/mol. The van der Waals surface area contributed by atoms with Crippen LogP contribution in [0.2, 0.25) is 5.15 Å². The van der Waals surface area contributed by atoms with Gasteiger partial charge < -0.3 is 4.74 Å². The van der Waals surface area contributed by atoms with Gasteiger partial charge in [-0.2, -0.15) is 0 Å². The van der Waals surface area contributed by atoms with E-state index in [9.17, 15) is 0 Å². The van der Waals surface area contributed by atoms with Gasteiger partial charge in [0.1, 0.15) is 17.2 Å². The van der Waals surface area contributed by atoms with E-state index in [1.54, 1.807) is 0 Å². The number of rotatable bonds is 4. The van der Waals surface area contributed by atoms with E-state index in [-0.39, 0.29) is 5.41 Å². The van der Waals surface area contributed by atoms with Crippen molar-refractivity contribution in [3.8, 4) is 11.6 Å². The maximum Gasteiger partial charge on any atom is 0.227 e. The van der Waals surface area contributed by atoms with Gasteiger partial charge in [-0.25, -0.2) is 9.97 Å². The summed E-state index contributed by atoms with van der Waals surface area (Å²) < 4.78 is 6.06. The first kappa shape index (κ1) is 15.8. The van der Waals surface area contributed by atoms with Crippen molar-refractivity contribution >= 4 is 11.6 Å². The molecule has 0 fully saturated rings. The highest BCUT2D eigenvalue weighted by atomic mass is 35.5. The Morgan fingerprint density at radius 1 is 1.14 bits per heavy atom. The molecule has 1 heterocycles. The van der Waals surface area contributed by atoms with Gasteiger partial charge in [-0.05, 0) is 17.9 Å². The number of nitrogens with zero attached hydrogens (tertiary/aromatic N) is 2. The van der Waals surface area contributed by atoms with Gasteiger partial charge in [-0.15, -0.1) is 0 Å². The minimum atomic E-state index is -0.00165. The van der Waals surface area contributed by atoms with Gasteiger partial charge >= 0.3 is 0 Å². The summed E-state index contributed by atoms with van der Waals surface area (Å²) in [4.78, 5) is 8.30. The van der Waals surface area contributed by atoms with Crippen LogP contribution >= 0.6 is 11.6 Å². The molecular formula is C17H21ClN2O. The van der Waals surface area contributed by atoms with E-state index >= 15 is 0 Å². The Hall–Kier alpha value is -1.61. The SMILES string of the molecule is CCCc1c(Cl)ncnc1Oc1ccccc1C(C)(C)C. The van der Waals surface area contributed by atoms with Crippen molar-refractivity contribution in [2.75, 3.05) is 0 Å². The number of hydrogen-bond donors (Lipinski definition) is 0. The van der Waals surface area contributed by atoms with E-state index in [4.69, 9.17) is 16.3 Å². The number of benzene rings is 1. The van der Waals surface area contributed by atoms with Crippen molar-refractivity contribution in [3.63, 3.8) is 0 Å². The molecule has 0 spiro atoms. The van der Waals surface area contributed by atoms with Crippen LogP contribution in [0.1, 0.15) is 45.2 Å². The van der Waals surface area contributed by atoms with Crippen LogP contribution in [-0.2, 0) is 11.8 Å². The van der Waals surface area contributed by atoms with Gasteiger partial charge in [-0.1, -0.05) is 63.9 Å². The Morgan fingerprint density at radius 3 is 2.52 bits per heavy atom. The van der Waals surface area contributed by atoms with E-state index in [0.717, 1.165) is 29.7 Å². The first-order chi connectivity index (χ1) is 9.93. The molecule has 112 valence electrons. The van der Waals surface area contributed by atoms with Crippen LogP contribution in [0, 0.1) is 0 Å². The molecule has 2 rings (SSSR count). The number of para-hydroxylation sites is 1. The topological polar surface area (TPSA) is 35.0 Å². The highest BCUT2D eigenvalue weighted by Gasteiger charge is 2.20. The molecule has 1 aromatic carbocycles. The minimum Gasteiger partial charge on any atom is -0.438 e. The predicted octanol–water partition coefficient (Wildman–Crippen LogP) is 5.17. The quantitative estimate of drug-likeness (QED) is 0.731. The lowest BCUT2D eigenvalue weighted by Crippen LogP contribution is -2.12. The fraction of sp³-hybridized carbons (Fsp3) is 0.412. The van der Waals surface area contributed by atoms with Crippen LogP contribution in [0.5, 0.6) is 11.6 Å². The molecule has 0 aliphatic heterocycles. The monoisotopic (exact) mass is 304 g/mol. The highest BCUT2D eigenvalue weighted by Crippen LogP contribution is 2.35. The molecule has 0 unspecified atom stereocenters. The summed E-state index contributed by atoms with van der Waals surface area (Å²) in [6.45, 7) is 8.58. The van der Waals surface area contributed by atoms with Gasteiger partial charge in [0.05, 0.1) is 5.56 Å². The van der Waals surface area contributed by atoms with E-state index < -0.39 is 0 Å². The second kappa shape index (κ2) is 6.44. The number of hydrogen-bond acceptors (Lipinski definition) is 3. The zero-order valence-electron chi connectivity index (χ0n) is 13.0. The van der Waals surface area contributed by atoms with Crippen molar-refractivity contribution < 1.29 is 4.74 Å². The summed E-state index contributed by atoms with van der Waals surface area (Å²) in [7, 11) is 0. The molecule has 0 saturated carbocycles. The first-order valence-electron chi connectivity index (χ1n) is 7.20. The maximum absolute atomic E-state index is 6.17. The minimum absolute atomic E-state index is 0.00165. The Morgan fingerprint density at radius 2 is 1.86 bits per heavy atom. The molecule has 0 bridgehead atoms. The normalized spacial score (nSPS) is 11.5. The zero-order chi connectivity index (χ0) is 15.5. The molecule has 0 amide bonds. The number of ether oxygens (including phenoxy) is 1. The Kier molecular flexibility index (Phi) is 4.84. The van der Waals surface area contributed by atoms with Crippen molar-refractivity contribution in [1.82, 2.24) is 9.97 Å². The average Bonchev–Trinajstić information content (AvgIpc) is 2.42.